The Labute approximate surface area is 151 Å². The number of halogens is 1. The minimum atomic E-state index is -1.19. The van der Waals surface area contributed by atoms with Crippen molar-refractivity contribution in [1.82, 2.24) is 10.2 Å². The molecule has 26 heavy (non-hydrogen) atoms. The summed E-state index contributed by atoms with van der Waals surface area (Å²) in [6.07, 6.45) is 0. The number of anilines is 1. The van der Waals surface area contributed by atoms with Gasteiger partial charge in [0.2, 0.25) is 5.13 Å². The fourth-order valence-corrected chi connectivity index (χ4v) is 2.72. The third kappa shape index (κ3) is 4.19. The van der Waals surface area contributed by atoms with Crippen LogP contribution in [0.1, 0.15) is 25.7 Å². The van der Waals surface area contributed by atoms with Crippen molar-refractivity contribution in [2.75, 3.05) is 5.32 Å². The van der Waals surface area contributed by atoms with Gasteiger partial charge in [-0.3, -0.25) is 10.1 Å². The number of carboxylic acid groups (broad SMARTS) is 1. The zero-order valence-electron chi connectivity index (χ0n) is 13.2. The first-order chi connectivity index (χ1) is 12.5. The predicted molar refractivity (Wildman–Crippen MR) is 92.0 cm³/mol. The first-order valence-electron chi connectivity index (χ1n) is 7.37. The molecule has 0 radical (unpaired) electrons. The molecule has 1 aromatic heterocycles. The molecule has 0 aliphatic carbocycles. The molecule has 0 bridgehead atoms. The van der Waals surface area contributed by atoms with Crippen molar-refractivity contribution >= 4 is 28.3 Å². The number of aromatic carboxylic acids is 1. The molecule has 0 saturated heterocycles. The normalized spacial score (nSPS) is 10.3. The first-order valence-corrected chi connectivity index (χ1v) is 8.19. The van der Waals surface area contributed by atoms with Crippen LogP contribution < -0.4 is 10.1 Å². The minimum absolute atomic E-state index is 0.0271. The Morgan fingerprint density at radius 3 is 2.46 bits per heavy atom. The van der Waals surface area contributed by atoms with Crippen LogP contribution >= 0.6 is 11.3 Å². The van der Waals surface area contributed by atoms with Gasteiger partial charge in [-0.1, -0.05) is 23.5 Å². The maximum absolute atomic E-state index is 12.8. The Morgan fingerprint density at radius 2 is 1.77 bits per heavy atom. The van der Waals surface area contributed by atoms with Crippen LogP contribution in [0.5, 0.6) is 5.75 Å². The summed E-state index contributed by atoms with van der Waals surface area (Å²) >= 11 is 1.09. The fraction of sp³-hybridized carbons (Fsp3) is 0.0588. The molecule has 3 aromatic rings. The number of amides is 1. The summed E-state index contributed by atoms with van der Waals surface area (Å²) in [5.74, 6) is -1.67. The topological polar surface area (TPSA) is 101 Å². The zero-order chi connectivity index (χ0) is 18.5. The summed E-state index contributed by atoms with van der Waals surface area (Å²) in [6, 6.07) is 11.4. The summed E-state index contributed by atoms with van der Waals surface area (Å²) in [4.78, 5) is 23.4. The third-order valence-electron chi connectivity index (χ3n) is 3.27. The fourth-order valence-electron chi connectivity index (χ4n) is 2.07. The highest BCUT2D eigenvalue weighted by molar-refractivity contribution is 7.15. The summed E-state index contributed by atoms with van der Waals surface area (Å²) < 4.78 is 18.3. The van der Waals surface area contributed by atoms with Crippen LogP contribution in [-0.2, 0) is 6.61 Å². The molecule has 0 spiro atoms. The number of hydrogen-bond donors (Lipinski definition) is 2. The number of nitrogens with one attached hydrogen (secondary N) is 1. The van der Waals surface area contributed by atoms with Gasteiger partial charge in [0.15, 0.2) is 5.01 Å². The third-order valence-corrected chi connectivity index (χ3v) is 4.08. The summed E-state index contributed by atoms with van der Waals surface area (Å²) in [6.45, 7) is 0.102. The Morgan fingerprint density at radius 1 is 1.08 bits per heavy atom. The highest BCUT2D eigenvalue weighted by Crippen LogP contribution is 2.20. The highest BCUT2D eigenvalue weighted by Gasteiger charge is 2.17. The minimum Gasteiger partial charge on any atom is -0.486 e. The van der Waals surface area contributed by atoms with Crippen LogP contribution in [-0.4, -0.2) is 27.2 Å². The monoisotopic (exact) mass is 373 g/mol. The maximum atomic E-state index is 12.8. The van der Waals surface area contributed by atoms with Gasteiger partial charge in [0.1, 0.15) is 18.2 Å². The van der Waals surface area contributed by atoms with E-state index in [4.69, 9.17) is 9.84 Å². The van der Waals surface area contributed by atoms with Crippen molar-refractivity contribution in [2.24, 2.45) is 0 Å². The van der Waals surface area contributed by atoms with Crippen LogP contribution in [0.2, 0.25) is 0 Å². The smallest absolute Gasteiger partial charge is 0.336 e. The van der Waals surface area contributed by atoms with Gasteiger partial charge in [-0.05, 0) is 36.4 Å². The number of ether oxygens (including phenoxy) is 1. The molecule has 2 aromatic carbocycles. The van der Waals surface area contributed by atoms with Gasteiger partial charge in [0.25, 0.3) is 5.91 Å². The Bertz CT molecular complexity index is 943. The molecule has 2 N–H and O–H groups in total. The molecule has 0 unspecified atom stereocenters. The number of hydrogen-bond acceptors (Lipinski definition) is 6. The number of rotatable bonds is 6. The van der Waals surface area contributed by atoms with E-state index in [1.165, 1.54) is 42.5 Å². The van der Waals surface area contributed by atoms with Crippen molar-refractivity contribution in [2.45, 2.75) is 6.61 Å². The largest absolute Gasteiger partial charge is 0.486 e. The van der Waals surface area contributed by atoms with Crippen molar-refractivity contribution < 1.29 is 23.8 Å². The summed E-state index contributed by atoms with van der Waals surface area (Å²) in [7, 11) is 0. The van der Waals surface area contributed by atoms with Crippen LogP contribution in [0.25, 0.3) is 0 Å². The number of aromatic nitrogens is 2. The molecular formula is C17H12FN3O4S. The number of nitrogens with zero attached hydrogens (tertiary/aromatic N) is 2. The van der Waals surface area contributed by atoms with E-state index >= 15 is 0 Å². The quantitative estimate of drug-likeness (QED) is 0.688. The summed E-state index contributed by atoms with van der Waals surface area (Å²) in [5, 5.41) is 20.1. The Kier molecular flexibility index (Phi) is 5.18. The lowest BCUT2D eigenvalue weighted by atomic mass is 10.1. The van der Waals surface area contributed by atoms with Gasteiger partial charge in [0.05, 0.1) is 11.1 Å². The number of carboxylic acids is 1. The molecule has 9 heteroatoms. The second kappa shape index (κ2) is 7.70. The zero-order valence-corrected chi connectivity index (χ0v) is 14.0. The number of carbonyl (C=O) groups excluding carboxylic acids is 1. The molecule has 0 atom stereocenters. The predicted octanol–water partition coefficient (Wildman–Crippen LogP) is 3.21. The first kappa shape index (κ1) is 17.5. The molecule has 3 rings (SSSR count). The molecule has 7 nitrogen and oxygen atoms in total. The van der Waals surface area contributed by atoms with Crippen molar-refractivity contribution in [1.29, 1.82) is 0 Å². The molecular weight excluding hydrogens is 361 g/mol. The maximum Gasteiger partial charge on any atom is 0.336 e. The van der Waals surface area contributed by atoms with Gasteiger partial charge >= 0.3 is 5.97 Å². The van der Waals surface area contributed by atoms with E-state index in [1.807, 2.05) is 0 Å². The molecule has 1 heterocycles. The van der Waals surface area contributed by atoms with Crippen LogP contribution in [0.3, 0.4) is 0 Å². The van der Waals surface area contributed by atoms with Crippen LogP contribution in [0.4, 0.5) is 9.52 Å². The molecule has 1 amide bonds. The number of carbonyl (C=O) groups is 2. The second-order valence-electron chi connectivity index (χ2n) is 5.05. The van der Waals surface area contributed by atoms with Gasteiger partial charge in [-0.15, -0.1) is 10.2 Å². The average Bonchev–Trinajstić information content (AvgIpc) is 3.08. The van der Waals surface area contributed by atoms with E-state index < -0.39 is 11.9 Å². The molecule has 0 aliphatic heterocycles. The standard InChI is InChI=1S/C17H12FN3O4S/c18-10-5-7-11(8-6-10)25-9-14-20-21-17(26-14)19-15(22)12-3-1-2-4-13(12)16(23)24/h1-8H,9H2,(H,23,24)(H,19,21,22). The number of benzene rings is 2. The van der Waals surface area contributed by atoms with Crippen molar-refractivity contribution in [3.05, 3.63) is 70.5 Å². The SMILES string of the molecule is O=C(O)c1ccccc1C(=O)Nc1nnc(COc2ccc(F)cc2)s1. The van der Waals surface area contributed by atoms with E-state index in [1.54, 1.807) is 6.07 Å². The Hall–Kier alpha value is -3.33. The van der Waals surface area contributed by atoms with Crippen molar-refractivity contribution in [3.8, 4) is 5.75 Å². The van der Waals surface area contributed by atoms with Crippen LogP contribution in [0, 0.1) is 5.82 Å². The highest BCUT2D eigenvalue weighted by atomic mass is 32.1. The lowest BCUT2D eigenvalue weighted by Crippen LogP contribution is -2.16. The van der Waals surface area contributed by atoms with E-state index in [-0.39, 0.29) is 28.7 Å². The van der Waals surface area contributed by atoms with Gasteiger partial charge < -0.3 is 9.84 Å². The van der Waals surface area contributed by atoms with Crippen molar-refractivity contribution in [3.63, 3.8) is 0 Å². The van der Waals surface area contributed by atoms with Gasteiger partial charge in [-0.2, -0.15) is 0 Å². The van der Waals surface area contributed by atoms with E-state index in [9.17, 15) is 14.0 Å². The van der Waals surface area contributed by atoms with Gasteiger partial charge in [-0.25, -0.2) is 9.18 Å². The van der Waals surface area contributed by atoms with E-state index in [2.05, 4.69) is 15.5 Å². The molecule has 0 fully saturated rings. The lowest BCUT2D eigenvalue weighted by molar-refractivity contribution is 0.0692. The second-order valence-corrected chi connectivity index (χ2v) is 6.11. The molecule has 0 saturated carbocycles. The molecule has 132 valence electrons. The molecule has 0 aliphatic rings. The van der Waals surface area contributed by atoms with Gasteiger partial charge in [0, 0.05) is 0 Å². The average molecular weight is 373 g/mol. The lowest BCUT2D eigenvalue weighted by Gasteiger charge is -2.04. The van der Waals surface area contributed by atoms with E-state index in [0.29, 0.717) is 10.8 Å². The summed E-state index contributed by atoms with van der Waals surface area (Å²) in [5.41, 5.74) is -0.0753. The Balaban J connectivity index is 1.64. The van der Waals surface area contributed by atoms with E-state index in [0.717, 1.165) is 11.3 Å². The van der Waals surface area contributed by atoms with Crippen LogP contribution in [0.15, 0.2) is 48.5 Å².